The molecule has 1 amide bonds. The Labute approximate surface area is 117 Å². The van der Waals surface area contributed by atoms with Crippen molar-refractivity contribution in [3.05, 3.63) is 31.0 Å². The van der Waals surface area contributed by atoms with Crippen molar-refractivity contribution in [1.29, 1.82) is 0 Å². The molecule has 1 saturated heterocycles. The Morgan fingerprint density at radius 2 is 2.55 bits per heavy atom. The second-order valence-corrected chi connectivity index (χ2v) is 4.66. The van der Waals surface area contributed by atoms with Gasteiger partial charge in [-0.25, -0.2) is 4.98 Å². The number of aromatic amines is 1. The van der Waals surface area contributed by atoms with Gasteiger partial charge in [-0.1, -0.05) is 6.58 Å². The van der Waals surface area contributed by atoms with Crippen LogP contribution in [0.4, 0.5) is 0 Å². The zero-order valence-corrected chi connectivity index (χ0v) is 11.5. The van der Waals surface area contributed by atoms with Gasteiger partial charge in [0, 0.05) is 24.9 Å². The summed E-state index contributed by atoms with van der Waals surface area (Å²) >= 11 is 0. The Morgan fingerprint density at radius 3 is 3.10 bits per heavy atom. The number of imidazole rings is 1. The van der Waals surface area contributed by atoms with Crippen molar-refractivity contribution in [1.82, 2.24) is 14.9 Å². The third-order valence-electron chi connectivity index (χ3n) is 3.43. The molecule has 1 aromatic heterocycles. The van der Waals surface area contributed by atoms with Crippen LogP contribution in [0.5, 0.6) is 0 Å². The van der Waals surface area contributed by atoms with Gasteiger partial charge in [-0.3, -0.25) is 14.6 Å². The normalized spacial score (nSPS) is 20.6. The summed E-state index contributed by atoms with van der Waals surface area (Å²) in [5, 5.41) is 0. The third kappa shape index (κ3) is 2.84. The maximum atomic E-state index is 12.5. The first-order valence-corrected chi connectivity index (χ1v) is 6.59. The number of nitrogens with one attached hydrogen (secondary N) is 1. The first-order valence-electron chi connectivity index (χ1n) is 6.59. The highest BCUT2D eigenvalue weighted by atomic mass is 16.2. The molecule has 1 unspecified atom stereocenters. The highest BCUT2D eigenvalue weighted by Crippen LogP contribution is 2.22. The molecule has 20 heavy (non-hydrogen) atoms. The van der Waals surface area contributed by atoms with E-state index >= 15 is 0 Å². The molecule has 0 spiro atoms. The second-order valence-electron chi connectivity index (χ2n) is 4.66. The van der Waals surface area contributed by atoms with Crippen molar-refractivity contribution < 1.29 is 9.59 Å². The van der Waals surface area contributed by atoms with Crippen molar-refractivity contribution in [2.45, 2.75) is 25.8 Å². The van der Waals surface area contributed by atoms with Gasteiger partial charge in [0.05, 0.1) is 6.33 Å². The van der Waals surface area contributed by atoms with E-state index in [2.05, 4.69) is 21.5 Å². The number of carbonyl (C=O) groups is 2. The van der Waals surface area contributed by atoms with Gasteiger partial charge in [-0.2, -0.15) is 0 Å². The number of H-pyrrole nitrogens is 1. The lowest BCUT2D eigenvalue weighted by atomic mass is 9.94. The lowest BCUT2D eigenvalue weighted by Gasteiger charge is -2.15. The summed E-state index contributed by atoms with van der Waals surface area (Å²) in [7, 11) is 0. The molecule has 1 aromatic rings. The van der Waals surface area contributed by atoms with Crippen molar-refractivity contribution in [3.8, 4) is 0 Å². The molecule has 2 rings (SSSR count). The fourth-order valence-corrected chi connectivity index (χ4v) is 2.39. The number of aromatic nitrogens is 2. The number of hydrogen-bond donors (Lipinski definition) is 1. The summed E-state index contributed by atoms with van der Waals surface area (Å²) in [6.45, 7) is 5.89. The van der Waals surface area contributed by atoms with Crippen LogP contribution >= 0.6 is 0 Å². The van der Waals surface area contributed by atoms with Crippen molar-refractivity contribution in [3.63, 3.8) is 0 Å². The van der Waals surface area contributed by atoms with Crippen LogP contribution in [0.2, 0.25) is 0 Å². The minimum Gasteiger partial charge on any atom is -0.348 e. The molecule has 0 aromatic carbocycles. The number of hydrogen-bond acceptors (Lipinski definition) is 4. The molecule has 106 valence electrons. The van der Waals surface area contributed by atoms with E-state index in [-0.39, 0.29) is 11.7 Å². The average molecular weight is 274 g/mol. The molecule has 1 aliphatic heterocycles. The van der Waals surface area contributed by atoms with Crippen molar-refractivity contribution >= 4 is 17.9 Å². The van der Waals surface area contributed by atoms with Gasteiger partial charge < -0.3 is 9.88 Å². The first-order chi connectivity index (χ1) is 9.67. The molecular weight excluding hydrogens is 256 g/mol. The fraction of sp³-hybridized carbons (Fsp3) is 0.429. The van der Waals surface area contributed by atoms with E-state index in [1.165, 1.54) is 11.1 Å². The summed E-state index contributed by atoms with van der Waals surface area (Å²) < 4.78 is 0. The Hall–Kier alpha value is -2.24. The van der Waals surface area contributed by atoms with Crippen LogP contribution in [0.15, 0.2) is 30.3 Å². The Morgan fingerprint density at radius 1 is 1.75 bits per heavy atom. The summed E-state index contributed by atoms with van der Waals surface area (Å²) in [5.74, 6) is -0.914. The first kappa shape index (κ1) is 14.2. The van der Waals surface area contributed by atoms with E-state index in [0.717, 1.165) is 5.69 Å². The minimum atomic E-state index is -0.607. The molecular formula is C14H18N4O2. The molecule has 0 saturated carbocycles. The lowest BCUT2D eigenvalue weighted by molar-refractivity contribution is -0.135. The SMILES string of the molecule is C=CN1CCC(C(=O)[C@H](Cc2cnc[nH]2)N=CC)C1=O. The molecule has 1 fully saturated rings. The third-order valence-corrected chi connectivity index (χ3v) is 3.43. The zero-order valence-electron chi connectivity index (χ0n) is 11.5. The average Bonchev–Trinajstić information content (AvgIpc) is 3.07. The topological polar surface area (TPSA) is 78.4 Å². The number of aliphatic imine (C=N–C) groups is 1. The summed E-state index contributed by atoms with van der Waals surface area (Å²) in [5.41, 5.74) is 0.833. The number of likely N-dealkylation sites (tertiary alicyclic amines) is 1. The van der Waals surface area contributed by atoms with E-state index in [9.17, 15) is 9.59 Å². The van der Waals surface area contributed by atoms with Crippen LogP contribution in [-0.2, 0) is 16.0 Å². The molecule has 0 radical (unpaired) electrons. The van der Waals surface area contributed by atoms with E-state index in [1.807, 2.05) is 0 Å². The fourth-order valence-electron chi connectivity index (χ4n) is 2.39. The minimum absolute atomic E-state index is 0.132. The highest BCUT2D eigenvalue weighted by molar-refractivity contribution is 6.05. The van der Waals surface area contributed by atoms with Crippen LogP contribution in [0.1, 0.15) is 19.0 Å². The highest BCUT2D eigenvalue weighted by Gasteiger charge is 2.38. The lowest BCUT2D eigenvalue weighted by Crippen LogP contribution is -2.34. The van der Waals surface area contributed by atoms with Gasteiger partial charge in [0.25, 0.3) is 0 Å². The summed E-state index contributed by atoms with van der Waals surface area (Å²) in [4.78, 5) is 37.1. The largest absolute Gasteiger partial charge is 0.348 e. The monoisotopic (exact) mass is 274 g/mol. The number of ketones is 1. The van der Waals surface area contributed by atoms with Gasteiger partial charge in [0.2, 0.25) is 5.91 Å². The van der Waals surface area contributed by atoms with Crippen LogP contribution in [0.25, 0.3) is 0 Å². The van der Waals surface area contributed by atoms with Gasteiger partial charge in [0.1, 0.15) is 12.0 Å². The smallest absolute Gasteiger partial charge is 0.237 e. The number of amides is 1. The summed E-state index contributed by atoms with van der Waals surface area (Å²) in [6, 6.07) is -0.542. The molecule has 6 nitrogen and oxygen atoms in total. The standard InChI is InChI=1S/C14H18N4O2/c1-3-16-12(7-10-8-15-9-17-10)13(19)11-5-6-18(4-2)14(11)20/h3-4,8-9,11-12H,2,5-7H2,1H3,(H,15,17)/t11?,12-/m0/s1. The number of rotatable bonds is 6. The maximum absolute atomic E-state index is 12.5. The van der Waals surface area contributed by atoms with Gasteiger partial charge in [-0.15, -0.1) is 0 Å². The second kappa shape index (κ2) is 6.27. The molecule has 1 N–H and O–H groups in total. The molecule has 0 bridgehead atoms. The molecule has 2 atom stereocenters. The quantitative estimate of drug-likeness (QED) is 0.620. The number of nitrogens with zero attached hydrogens (tertiary/aromatic N) is 3. The Kier molecular flexibility index (Phi) is 4.45. The number of Topliss-reactive ketones (excluding diaryl/α,β-unsaturated/α-hetero) is 1. The van der Waals surface area contributed by atoms with Crippen LogP contribution in [0.3, 0.4) is 0 Å². The molecule has 0 aliphatic carbocycles. The molecule has 6 heteroatoms. The number of carbonyl (C=O) groups excluding carboxylic acids is 2. The van der Waals surface area contributed by atoms with E-state index in [4.69, 9.17) is 0 Å². The predicted octanol–water partition coefficient (Wildman–Crippen LogP) is 0.973. The predicted molar refractivity (Wildman–Crippen MR) is 75.3 cm³/mol. The van der Waals surface area contributed by atoms with E-state index in [0.29, 0.717) is 19.4 Å². The summed E-state index contributed by atoms with van der Waals surface area (Å²) in [6.07, 6.45) is 7.26. The van der Waals surface area contributed by atoms with Crippen LogP contribution < -0.4 is 0 Å². The van der Waals surface area contributed by atoms with Gasteiger partial charge >= 0.3 is 0 Å². The molecule has 2 heterocycles. The molecule has 1 aliphatic rings. The van der Waals surface area contributed by atoms with Gasteiger partial charge in [-0.05, 0) is 25.8 Å². The zero-order chi connectivity index (χ0) is 14.5. The van der Waals surface area contributed by atoms with E-state index < -0.39 is 12.0 Å². The van der Waals surface area contributed by atoms with Crippen molar-refractivity contribution in [2.75, 3.05) is 6.54 Å². The van der Waals surface area contributed by atoms with Gasteiger partial charge in [0.15, 0.2) is 5.78 Å². The Balaban J connectivity index is 2.11. The van der Waals surface area contributed by atoms with Crippen LogP contribution in [0, 0.1) is 5.92 Å². The van der Waals surface area contributed by atoms with Crippen molar-refractivity contribution in [2.24, 2.45) is 10.9 Å². The maximum Gasteiger partial charge on any atom is 0.237 e. The van der Waals surface area contributed by atoms with E-state index in [1.54, 1.807) is 25.7 Å². The Bertz CT molecular complexity index is 521. The van der Waals surface area contributed by atoms with Crippen LogP contribution in [-0.4, -0.2) is 45.4 Å².